The number of hydrogen-bond acceptors (Lipinski definition) is 2. The van der Waals surface area contributed by atoms with Crippen molar-refractivity contribution in [3.05, 3.63) is 0 Å². The molecule has 2 rings (SSSR count). The maximum atomic E-state index is 5.93. The van der Waals surface area contributed by atoms with Crippen LogP contribution in [-0.2, 0) is 0 Å². The number of likely N-dealkylation sites (tertiary alicyclic amines) is 1. The summed E-state index contributed by atoms with van der Waals surface area (Å²) in [7, 11) is 0. The van der Waals surface area contributed by atoms with Gasteiger partial charge in [-0.2, -0.15) is 0 Å². The van der Waals surface area contributed by atoms with E-state index in [0.29, 0.717) is 5.54 Å². The van der Waals surface area contributed by atoms with Gasteiger partial charge in [-0.3, -0.25) is 4.90 Å². The largest absolute Gasteiger partial charge is 0.329 e. The van der Waals surface area contributed by atoms with Gasteiger partial charge in [0.1, 0.15) is 0 Å². The van der Waals surface area contributed by atoms with Crippen LogP contribution in [-0.4, -0.2) is 30.1 Å². The van der Waals surface area contributed by atoms with Crippen molar-refractivity contribution in [3.63, 3.8) is 0 Å². The van der Waals surface area contributed by atoms with Crippen LogP contribution in [0.2, 0.25) is 0 Å². The lowest BCUT2D eigenvalue weighted by Gasteiger charge is -2.48. The van der Waals surface area contributed by atoms with Crippen LogP contribution in [0.1, 0.15) is 45.4 Å². The standard InChI is InChI=1S/C12H24N2/c1-2-4-11-5-8-14(9-11)12(10-13)6-3-7-12/h11H,2-10,13H2,1H3. The highest BCUT2D eigenvalue weighted by Crippen LogP contribution is 2.40. The zero-order chi connectivity index (χ0) is 10.0. The summed E-state index contributed by atoms with van der Waals surface area (Å²) < 4.78 is 0. The molecule has 1 saturated carbocycles. The molecule has 2 nitrogen and oxygen atoms in total. The minimum Gasteiger partial charge on any atom is -0.329 e. The third-order valence-electron chi connectivity index (χ3n) is 4.32. The van der Waals surface area contributed by atoms with Crippen LogP contribution < -0.4 is 5.73 Å². The zero-order valence-electron chi connectivity index (χ0n) is 9.47. The van der Waals surface area contributed by atoms with Gasteiger partial charge in [0, 0.05) is 18.6 Å². The number of nitrogens with zero attached hydrogens (tertiary/aromatic N) is 1. The summed E-state index contributed by atoms with van der Waals surface area (Å²) in [5.74, 6) is 0.962. The van der Waals surface area contributed by atoms with Crippen molar-refractivity contribution in [2.24, 2.45) is 11.7 Å². The Morgan fingerprint density at radius 2 is 2.21 bits per heavy atom. The van der Waals surface area contributed by atoms with Gasteiger partial charge in [-0.1, -0.05) is 13.3 Å². The first kappa shape index (κ1) is 10.4. The first-order valence-electron chi connectivity index (χ1n) is 6.26. The van der Waals surface area contributed by atoms with Crippen molar-refractivity contribution >= 4 is 0 Å². The predicted molar refractivity (Wildman–Crippen MR) is 60.2 cm³/mol. The molecule has 0 aromatic heterocycles. The van der Waals surface area contributed by atoms with E-state index in [1.807, 2.05) is 0 Å². The molecular formula is C12H24N2. The maximum absolute atomic E-state index is 5.93. The smallest absolute Gasteiger partial charge is 0.0331 e. The quantitative estimate of drug-likeness (QED) is 0.745. The van der Waals surface area contributed by atoms with Crippen LogP contribution in [0.4, 0.5) is 0 Å². The number of nitrogens with two attached hydrogens (primary N) is 1. The van der Waals surface area contributed by atoms with Crippen LogP contribution in [0.15, 0.2) is 0 Å². The molecule has 14 heavy (non-hydrogen) atoms. The SMILES string of the molecule is CCCC1CCN(C2(CN)CCC2)C1. The molecule has 1 saturated heterocycles. The molecule has 1 atom stereocenters. The molecule has 1 aliphatic carbocycles. The molecule has 2 fully saturated rings. The van der Waals surface area contributed by atoms with Crippen LogP contribution in [0, 0.1) is 5.92 Å². The van der Waals surface area contributed by atoms with Crippen molar-refractivity contribution in [1.82, 2.24) is 4.90 Å². The van der Waals surface area contributed by atoms with Crippen molar-refractivity contribution in [2.45, 2.75) is 51.0 Å². The maximum Gasteiger partial charge on any atom is 0.0331 e. The van der Waals surface area contributed by atoms with Crippen molar-refractivity contribution in [3.8, 4) is 0 Å². The minimum atomic E-state index is 0.433. The van der Waals surface area contributed by atoms with E-state index in [1.165, 1.54) is 51.6 Å². The molecule has 0 aromatic carbocycles. The van der Waals surface area contributed by atoms with E-state index in [2.05, 4.69) is 11.8 Å². The van der Waals surface area contributed by atoms with Crippen LogP contribution in [0.25, 0.3) is 0 Å². The fourth-order valence-corrected chi connectivity index (χ4v) is 3.14. The summed E-state index contributed by atoms with van der Waals surface area (Å²) in [5, 5.41) is 0. The lowest BCUT2D eigenvalue weighted by atomic mass is 9.75. The Balaban J connectivity index is 1.87. The third kappa shape index (κ3) is 1.70. The third-order valence-corrected chi connectivity index (χ3v) is 4.32. The van der Waals surface area contributed by atoms with E-state index in [0.717, 1.165) is 12.5 Å². The second kappa shape index (κ2) is 4.19. The number of rotatable bonds is 4. The van der Waals surface area contributed by atoms with E-state index in [1.54, 1.807) is 0 Å². The Morgan fingerprint density at radius 1 is 1.43 bits per heavy atom. The molecule has 0 aromatic rings. The molecule has 1 heterocycles. The van der Waals surface area contributed by atoms with E-state index >= 15 is 0 Å². The highest BCUT2D eigenvalue weighted by molar-refractivity contribution is 5.01. The van der Waals surface area contributed by atoms with Gasteiger partial charge in [0.05, 0.1) is 0 Å². The highest BCUT2D eigenvalue weighted by atomic mass is 15.2. The summed E-state index contributed by atoms with van der Waals surface area (Å²) in [5.41, 5.74) is 6.36. The van der Waals surface area contributed by atoms with E-state index in [-0.39, 0.29) is 0 Å². The van der Waals surface area contributed by atoms with Crippen molar-refractivity contribution < 1.29 is 0 Å². The lowest BCUT2D eigenvalue weighted by molar-refractivity contribution is 0.0407. The van der Waals surface area contributed by atoms with E-state index in [9.17, 15) is 0 Å². The van der Waals surface area contributed by atoms with Gasteiger partial charge in [-0.05, 0) is 44.6 Å². The zero-order valence-corrected chi connectivity index (χ0v) is 9.47. The molecule has 0 amide bonds. The monoisotopic (exact) mass is 196 g/mol. The molecule has 2 aliphatic rings. The Hall–Kier alpha value is -0.0800. The molecule has 0 radical (unpaired) electrons. The molecular weight excluding hydrogens is 172 g/mol. The summed E-state index contributed by atoms with van der Waals surface area (Å²) in [6.45, 7) is 5.81. The van der Waals surface area contributed by atoms with Gasteiger partial charge in [-0.25, -0.2) is 0 Å². The first-order valence-corrected chi connectivity index (χ1v) is 6.26. The lowest BCUT2D eigenvalue weighted by Crippen LogP contribution is -2.57. The van der Waals surface area contributed by atoms with E-state index in [4.69, 9.17) is 5.73 Å². The predicted octanol–water partition coefficient (Wildman–Crippen LogP) is 1.99. The molecule has 2 N–H and O–H groups in total. The summed E-state index contributed by atoms with van der Waals surface area (Å²) in [4.78, 5) is 2.69. The second-order valence-corrected chi connectivity index (χ2v) is 5.17. The first-order chi connectivity index (χ1) is 6.80. The molecule has 0 bridgehead atoms. The average molecular weight is 196 g/mol. The molecule has 82 valence electrons. The summed E-state index contributed by atoms with van der Waals surface area (Å²) >= 11 is 0. The van der Waals surface area contributed by atoms with Crippen molar-refractivity contribution in [1.29, 1.82) is 0 Å². The van der Waals surface area contributed by atoms with Crippen LogP contribution in [0.3, 0.4) is 0 Å². The summed E-state index contributed by atoms with van der Waals surface area (Å²) in [6.07, 6.45) is 8.26. The topological polar surface area (TPSA) is 29.3 Å². The van der Waals surface area contributed by atoms with Crippen LogP contribution >= 0.6 is 0 Å². The average Bonchev–Trinajstić information content (AvgIpc) is 2.54. The molecule has 1 unspecified atom stereocenters. The van der Waals surface area contributed by atoms with Gasteiger partial charge < -0.3 is 5.73 Å². The Morgan fingerprint density at radius 3 is 2.71 bits per heavy atom. The summed E-state index contributed by atoms with van der Waals surface area (Å²) in [6, 6.07) is 0. The Kier molecular flexibility index (Phi) is 3.13. The van der Waals surface area contributed by atoms with Gasteiger partial charge in [0.25, 0.3) is 0 Å². The van der Waals surface area contributed by atoms with Gasteiger partial charge >= 0.3 is 0 Å². The van der Waals surface area contributed by atoms with E-state index < -0.39 is 0 Å². The normalized spacial score (nSPS) is 31.7. The number of hydrogen-bond donors (Lipinski definition) is 1. The van der Waals surface area contributed by atoms with Gasteiger partial charge in [0.15, 0.2) is 0 Å². The Bertz CT molecular complexity index is 181. The van der Waals surface area contributed by atoms with Gasteiger partial charge in [-0.15, -0.1) is 0 Å². The molecule has 1 aliphatic heterocycles. The molecule has 2 heteroatoms. The van der Waals surface area contributed by atoms with Gasteiger partial charge in [0.2, 0.25) is 0 Å². The van der Waals surface area contributed by atoms with Crippen molar-refractivity contribution in [2.75, 3.05) is 19.6 Å². The fourth-order valence-electron chi connectivity index (χ4n) is 3.14. The Labute approximate surface area is 87.8 Å². The minimum absolute atomic E-state index is 0.433. The fraction of sp³-hybridized carbons (Fsp3) is 1.00. The molecule has 0 spiro atoms. The van der Waals surface area contributed by atoms with Crippen LogP contribution in [0.5, 0.6) is 0 Å². The second-order valence-electron chi connectivity index (χ2n) is 5.17. The highest BCUT2D eigenvalue weighted by Gasteiger charge is 2.43.